The number of amides is 2. The second-order valence-electron chi connectivity index (χ2n) is 8.26. The molecule has 1 N–H and O–H groups in total. The predicted octanol–water partition coefficient (Wildman–Crippen LogP) is 2.32. The topological polar surface area (TPSA) is 99.7 Å². The van der Waals surface area contributed by atoms with Gasteiger partial charge < -0.3 is 10.2 Å². The van der Waals surface area contributed by atoms with Crippen LogP contribution >= 0.6 is 0 Å². The molecule has 2 aliphatic rings. The highest BCUT2D eigenvalue weighted by Gasteiger charge is 2.35. The first-order valence-electron chi connectivity index (χ1n) is 11.0. The van der Waals surface area contributed by atoms with Crippen LogP contribution in [0.1, 0.15) is 37.8 Å². The molecule has 0 radical (unpaired) electrons. The van der Waals surface area contributed by atoms with Gasteiger partial charge in [0.15, 0.2) is 0 Å². The number of sulfonamides is 1. The third-order valence-electron chi connectivity index (χ3n) is 6.02. The Morgan fingerprint density at radius 1 is 1.03 bits per heavy atom. The lowest BCUT2D eigenvalue weighted by molar-refractivity contribution is -0.126. The molecule has 2 fully saturated rings. The van der Waals surface area contributed by atoms with E-state index in [1.54, 1.807) is 39.7 Å². The van der Waals surface area contributed by atoms with Gasteiger partial charge in [0.05, 0.1) is 23.1 Å². The van der Waals surface area contributed by atoms with Crippen molar-refractivity contribution >= 4 is 27.5 Å². The van der Waals surface area contributed by atoms with Gasteiger partial charge >= 0.3 is 0 Å². The van der Waals surface area contributed by atoms with E-state index in [-0.39, 0.29) is 29.7 Å². The van der Waals surface area contributed by atoms with Crippen LogP contribution in [0.25, 0.3) is 0 Å². The van der Waals surface area contributed by atoms with E-state index in [4.69, 9.17) is 0 Å². The molecule has 0 aliphatic carbocycles. The monoisotopic (exact) mass is 456 g/mol. The summed E-state index contributed by atoms with van der Waals surface area (Å²) < 4.78 is 27.5. The first-order valence-corrected chi connectivity index (χ1v) is 12.5. The average molecular weight is 457 g/mol. The molecule has 4 rings (SSSR count). The molecule has 0 bridgehead atoms. The van der Waals surface area contributed by atoms with Crippen LogP contribution in [-0.2, 0) is 26.2 Å². The number of anilines is 1. The Kier molecular flexibility index (Phi) is 6.86. The van der Waals surface area contributed by atoms with Crippen LogP contribution < -0.4 is 10.2 Å². The van der Waals surface area contributed by atoms with Gasteiger partial charge in [-0.3, -0.25) is 14.6 Å². The highest BCUT2D eigenvalue weighted by atomic mass is 32.2. The molecule has 0 unspecified atom stereocenters. The average Bonchev–Trinajstić information content (AvgIpc) is 3.00. The minimum absolute atomic E-state index is 0.127. The van der Waals surface area contributed by atoms with Gasteiger partial charge in [0.2, 0.25) is 21.8 Å². The lowest BCUT2D eigenvalue weighted by Gasteiger charge is -2.21. The van der Waals surface area contributed by atoms with Gasteiger partial charge in [0, 0.05) is 37.9 Å². The third kappa shape index (κ3) is 4.99. The zero-order chi connectivity index (χ0) is 22.6. The molecule has 2 amide bonds. The number of hydrogen-bond donors (Lipinski definition) is 1. The van der Waals surface area contributed by atoms with Gasteiger partial charge in [-0.2, -0.15) is 4.31 Å². The van der Waals surface area contributed by atoms with E-state index in [2.05, 4.69) is 10.3 Å². The van der Waals surface area contributed by atoms with Crippen LogP contribution in [0.15, 0.2) is 53.6 Å². The molecular weight excluding hydrogens is 428 g/mol. The molecule has 9 heteroatoms. The Labute approximate surface area is 188 Å². The molecule has 2 aliphatic heterocycles. The van der Waals surface area contributed by atoms with E-state index in [9.17, 15) is 18.0 Å². The van der Waals surface area contributed by atoms with E-state index in [0.29, 0.717) is 25.3 Å². The van der Waals surface area contributed by atoms with E-state index < -0.39 is 15.9 Å². The molecule has 1 aromatic carbocycles. The number of carbonyl (C=O) groups excluding carboxylic acids is 2. The van der Waals surface area contributed by atoms with Crippen LogP contribution in [0.3, 0.4) is 0 Å². The van der Waals surface area contributed by atoms with Crippen molar-refractivity contribution in [2.45, 2.75) is 43.5 Å². The van der Waals surface area contributed by atoms with Gasteiger partial charge in [-0.15, -0.1) is 0 Å². The second-order valence-corrected chi connectivity index (χ2v) is 10.2. The number of nitrogens with one attached hydrogen (secondary N) is 1. The summed E-state index contributed by atoms with van der Waals surface area (Å²) >= 11 is 0. The normalized spacial score (nSPS) is 20.2. The number of nitrogens with zero attached hydrogens (tertiary/aromatic N) is 3. The summed E-state index contributed by atoms with van der Waals surface area (Å²) in [6, 6.07) is 11.9. The number of hydrogen-bond acceptors (Lipinski definition) is 5. The molecule has 1 atom stereocenters. The van der Waals surface area contributed by atoms with Crippen LogP contribution in [0.5, 0.6) is 0 Å². The number of pyridine rings is 1. The SMILES string of the molecule is O=C(NCc1ccccn1)[C@H]1CC(=O)N(c2ccc(S(=O)(=O)N3CCCCCC3)cc2)C1. The van der Waals surface area contributed by atoms with Crippen molar-refractivity contribution in [2.24, 2.45) is 5.92 Å². The molecule has 2 aromatic rings. The quantitative estimate of drug-likeness (QED) is 0.719. The van der Waals surface area contributed by atoms with E-state index in [0.717, 1.165) is 31.4 Å². The van der Waals surface area contributed by atoms with Crippen molar-refractivity contribution in [2.75, 3.05) is 24.5 Å². The largest absolute Gasteiger partial charge is 0.350 e. The van der Waals surface area contributed by atoms with E-state index in [1.807, 2.05) is 18.2 Å². The highest BCUT2D eigenvalue weighted by Crippen LogP contribution is 2.28. The Bertz CT molecular complexity index is 1050. The molecule has 32 heavy (non-hydrogen) atoms. The third-order valence-corrected chi connectivity index (χ3v) is 7.93. The van der Waals surface area contributed by atoms with Crippen molar-refractivity contribution in [3.05, 3.63) is 54.4 Å². The summed E-state index contributed by atoms with van der Waals surface area (Å²) in [5.41, 5.74) is 1.35. The van der Waals surface area contributed by atoms with Crippen molar-refractivity contribution in [3.63, 3.8) is 0 Å². The Morgan fingerprint density at radius 2 is 1.75 bits per heavy atom. The Hall–Kier alpha value is -2.78. The fourth-order valence-corrected chi connectivity index (χ4v) is 5.70. The smallest absolute Gasteiger partial charge is 0.243 e. The summed E-state index contributed by atoms with van der Waals surface area (Å²) in [5, 5.41) is 2.84. The maximum absolute atomic E-state index is 13.0. The predicted molar refractivity (Wildman–Crippen MR) is 120 cm³/mol. The fourth-order valence-electron chi connectivity index (χ4n) is 4.19. The lowest BCUT2D eigenvalue weighted by Crippen LogP contribution is -2.33. The summed E-state index contributed by atoms with van der Waals surface area (Å²) in [5.74, 6) is -0.787. The Morgan fingerprint density at radius 3 is 2.41 bits per heavy atom. The lowest BCUT2D eigenvalue weighted by atomic mass is 10.1. The molecule has 8 nitrogen and oxygen atoms in total. The number of rotatable bonds is 6. The first kappa shape index (κ1) is 22.4. The molecule has 3 heterocycles. The molecule has 1 aromatic heterocycles. The summed E-state index contributed by atoms with van der Waals surface area (Å²) in [6.07, 6.45) is 5.66. The zero-order valence-corrected chi connectivity index (χ0v) is 18.8. The maximum atomic E-state index is 13.0. The number of aromatic nitrogens is 1. The van der Waals surface area contributed by atoms with Crippen molar-refractivity contribution in [1.82, 2.24) is 14.6 Å². The maximum Gasteiger partial charge on any atom is 0.243 e. The van der Waals surface area contributed by atoms with Gasteiger partial charge in [0.1, 0.15) is 0 Å². The summed E-state index contributed by atoms with van der Waals surface area (Å²) in [6.45, 7) is 1.67. The molecule has 170 valence electrons. The minimum atomic E-state index is -3.54. The number of carbonyl (C=O) groups is 2. The van der Waals surface area contributed by atoms with Crippen molar-refractivity contribution < 1.29 is 18.0 Å². The molecule has 2 saturated heterocycles. The zero-order valence-electron chi connectivity index (χ0n) is 17.9. The number of benzene rings is 1. The van der Waals surface area contributed by atoms with Crippen LogP contribution in [0, 0.1) is 5.92 Å². The first-order chi connectivity index (χ1) is 15.4. The van der Waals surface area contributed by atoms with Gasteiger partial charge in [0.25, 0.3) is 0 Å². The molecule has 0 saturated carbocycles. The molecule has 0 spiro atoms. The van der Waals surface area contributed by atoms with Crippen molar-refractivity contribution in [1.29, 1.82) is 0 Å². The molecular formula is C23H28N4O4S. The second kappa shape index (κ2) is 9.79. The van der Waals surface area contributed by atoms with Crippen molar-refractivity contribution in [3.8, 4) is 0 Å². The van der Waals surface area contributed by atoms with Crippen LogP contribution in [0.2, 0.25) is 0 Å². The summed E-state index contributed by atoms with van der Waals surface area (Å²) in [7, 11) is -3.54. The minimum Gasteiger partial charge on any atom is -0.350 e. The standard InChI is InChI=1S/C23H28N4O4S/c28-22-15-18(23(29)25-16-19-7-3-4-12-24-19)17-27(22)20-8-10-21(11-9-20)32(30,31)26-13-5-1-2-6-14-26/h3-4,7-12,18H,1-2,5-6,13-17H2,(H,25,29)/t18-/m0/s1. The van der Waals surface area contributed by atoms with Gasteiger partial charge in [-0.1, -0.05) is 18.9 Å². The van der Waals surface area contributed by atoms with Crippen LogP contribution in [0.4, 0.5) is 5.69 Å². The van der Waals surface area contributed by atoms with Crippen LogP contribution in [-0.4, -0.2) is 49.2 Å². The van der Waals surface area contributed by atoms with E-state index in [1.165, 1.54) is 0 Å². The van der Waals surface area contributed by atoms with Gasteiger partial charge in [-0.05, 0) is 49.2 Å². The van der Waals surface area contributed by atoms with E-state index >= 15 is 0 Å². The Balaban J connectivity index is 1.39. The fraction of sp³-hybridized carbons (Fsp3) is 0.435. The van der Waals surface area contributed by atoms with Gasteiger partial charge in [-0.25, -0.2) is 8.42 Å². The highest BCUT2D eigenvalue weighted by molar-refractivity contribution is 7.89. The summed E-state index contributed by atoms with van der Waals surface area (Å²) in [4.78, 5) is 31.0.